The van der Waals surface area contributed by atoms with Crippen molar-refractivity contribution in [1.82, 2.24) is 0 Å². The number of anilines is 2. The van der Waals surface area contributed by atoms with Gasteiger partial charge in [-0.05, 0) is 53.9 Å². The number of halogens is 3. The van der Waals surface area contributed by atoms with Crippen molar-refractivity contribution in [1.29, 1.82) is 0 Å². The zero-order valence-corrected chi connectivity index (χ0v) is 24.3. The van der Waals surface area contributed by atoms with Gasteiger partial charge in [0.1, 0.15) is 13.2 Å². The van der Waals surface area contributed by atoms with Gasteiger partial charge in [-0.3, -0.25) is 24.2 Å². The maximum atomic E-state index is 12.6. The molecule has 3 aromatic carbocycles. The SMILES string of the molecule is C=CCOC(=O)N1CCc2ccc(C(N)=O)cc21.NCc1cccc(C(=O)N(CC(=O)O)c2ccccc2)c1.O=C(O)C(F)(F)F. The quantitative estimate of drug-likeness (QED) is 0.263. The lowest BCUT2D eigenvalue weighted by atomic mass is 10.1. The fourth-order valence-electron chi connectivity index (χ4n) is 3.94. The Morgan fingerprint density at radius 1 is 0.957 bits per heavy atom. The number of alkyl halides is 3. The molecule has 4 rings (SSSR count). The van der Waals surface area contributed by atoms with Crippen LogP contribution in [0.15, 0.2) is 85.5 Å². The first kappa shape index (κ1) is 36.5. The van der Waals surface area contributed by atoms with Gasteiger partial charge in [0, 0.05) is 29.9 Å². The summed E-state index contributed by atoms with van der Waals surface area (Å²) in [7, 11) is 0. The molecule has 0 aliphatic carbocycles. The fraction of sp³-hybridized carbons (Fsp3) is 0.194. The molecule has 0 saturated heterocycles. The summed E-state index contributed by atoms with van der Waals surface area (Å²) >= 11 is 0. The molecular weight excluding hydrogens is 613 g/mol. The summed E-state index contributed by atoms with van der Waals surface area (Å²) in [4.78, 5) is 58.1. The number of rotatable bonds is 8. The highest BCUT2D eigenvalue weighted by Gasteiger charge is 2.38. The van der Waals surface area contributed by atoms with Gasteiger partial charge < -0.3 is 26.4 Å². The molecule has 0 spiro atoms. The van der Waals surface area contributed by atoms with Crippen molar-refractivity contribution in [2.24, 2.45) is 11.5 Å². The van der Waals surface area contributed by atoms with Crippen LogP contribution in [-0.2, 0) is 27.3 Å². The van der Waals surface area contributed by atoms with Gasteiger partial charge in [-0.25, -0.2) is 9.59 Å². The van der Waals surface area contributed by atoms with Crippen molar-refractivity contribution >= 4 is 41.2 Å². The Morgan fingerprint density at radius 3 is 2.15 bits per heavy atom. The van der Waals surface area contributed by atoms with Gasteiger partial charge in [-0.1, -0.05) is 49.1 Å². The Morgan fingerprint density at radius 2 is 1.61 bits per heavy atom. The second kappa shape index (κ2) is 17.0. The Bertz CT molecular complexity index is 1560. The number of hydrogen-bond donors (Lipinski definition) is 4. The summed E-state index contributed by atoms with van der Waals surface area (Å²) < 4.78 is 36.7. The first-order chi connectivity index (χ1) is 21.7. The predicted octanol–water partition coefficient (Wildman–Crippen LogP) is 3.98. The summed E-state index contributed by atoms with van der Waals surface area (Å²) in [5.74, 6) is -4.70. The molecular formula is C31H31F3N4O8. The lowest BCUT2D eigenvalue weighted by molar-refractivity contribution is -0.192. The topological polar surface area (TPSA) is 194 Å². The minimum atomic E-state index is -5.08. The zero-order chi connectivity index (χ0) is 34.4. The average Bonchev–Trinajstić information content (AvgIpc) is 3.46. The van der Waals surface area contributed by atoms with Crippen molar-refractivity contribution in [3.05, 3.63) is 108 Å². The van der Waals surface area contributed by atoms with E-state index in [1.54, 1.807) is 54.6 Å². The molecule has 3 amide bonds. The van der Waals surface area contributed by atoms with Crippen molar-refractivity contribution in [3.8, 4) is 0 Å². The molecule has 244 valence electrons. The van der Waals surface area contributed by atoms with Crippen LogP contribution in [0.3, 0.4) is 0 Å². The Kier molecular flexibility index (Phi) is 13.5. The van der Waals surface area contributed by atoms with E-state index in [0.717, 1.165) is 17.5 Å². The minimum absolute atomic E-state index is 0.167. The van der Waals surface area contributed by atoms with Crippen LogP contribution >= 0.6 is 0 Å². The number of fused-ring (bicyclic) bond motifs is 1. The standard InChI is InChI=1S/C16H16N2O3.C13H14N2O3.C2HF3O2/c17-10-12-5-4-6-13(9-12)16(21)18(11-15(19)20)14-7-2-1-3-8-14;1-2-7-18-13(17)15-6-5-9-3-4-10(12(14)16)8-11(9)15;3-2(4,5)1(6)7/h1-9H,10-11,17H2,(H,19,20);2-4,8H,1,5-7H2,(H2,14,16);(H,6,7). The van der Waals surface area contributed by atoms with Crippen molar-refractivity contribution in [2.45, 2.75) is 19.1 Å². The summed E-state index contributed by atoms with van der Waals surface area (Å²) in [5, 5.41) is 16.2. The second-order valence-electron chi connectivity index (χ2n) is 9.30. The van der Waals surface area contributed by atoms with Crippen LogP contribution in [0.2, 0.25) is 0 Å². The highest BCUT2D eigenvalue weighted by atomic mass is 19.4. The molecule has 1 heterocycles. The van der Waals surface area contributed by atoms with E-state index in [0.29, 0.717) is 35.6 Å². The lowest BCUT2D eigenvalue weighted by Gasteiger charge is -2.21. The molecule has 3 aromatic rings. The van der Waals surface area contributed by atoms with E-state index >= 15 is 0 Å². The van der Waals surface area contributed by atoms with Crippen LogP contribution < -0.4 is 21.3 Å². The number of aliphatic carboxylic acids is 2. The van der Waals surface area contributed by atoms with Gasteiger partial charge in [0.2, 0.25) is 5.91 Å². The molecule has 6 N–H and O–H groups in total. The molecule has 0 unspecified atom stereocenters. The first-order valence-electron chi connectivity index (χ1n) is 13.3. The van der Waals surface area contributed by atoms with E-state index in [1.165, 1.54) is 15.9 Å². The number of primary amides is 1. The van der Waals surface area contributed by atoms with Crippen LogP contribution in [0.4, 0.5) is 29.3 Å². The first-order valence-corrected chi connectivity index (χ1v) is 13.3. The highest BCUT2D eigenvalue weighted by molar-refractivity contribution is 6.08. The Labute approximate surface area is 261 Å². The molecule has 0 aromatic heterocycles. The number of carboxylic acid groups (broad SMARTS) is 2. The van der Waals surface area contributed by atoms with Gasteiger partial charge in [-0.15, -0.1) is 0 Å². The van der Waals surface area contributed by atoms with Crippen molar-refractivity contribution in [3.63, 3.8) is 0 Å². The molecule has 15 heteroatoms. The molecule has 0 bridgehead atoms. The van der Waals surface area contributed by atoms with E-state index in [9.17, 15) is 32.3 Å². The maximum absolute atomic E-state index is 12.6. The predicted molar refractivity (Wildman–Crippen MR) is 161 cm³/mol. The monoisotopic (exact) mass is 644 g/mol. The number of benzene rings is 3. The summed E-state index contributed by atoms with van der Waals surface area (Å²) in [5.41, 5.74) is 14.7. The van der Waals surface area contributed by atoms with Crippen LogP contribution in [0.1, 0.15) is 31.8 Å². The van der Waals surface area contributed by atoms with Crippen LogP contribution in [0.5, 0.6) is 0 Å². The largest absolute Gasteiger partial charge is 0.490 e. The number of amides is 3. The van der Waals surface area contributed by atoms with E-state index < -0.39 is 36.7 Å². The molecule has 1 aliphatic heterocycles. The summed E-state index contributed by atoms with van der Waals surface area (Å²) in [6, 6.07) is 20.7. The third kappa shape index (κ3) is 10.8. The molecule has 0 atom stereocenters. The van der Waals surface area contributed by atoms with Gasteiger partial charge in [-0.2, -0.15) is 13.2 Å². The van der Waals surface area contributed by atoms with E-state index in [-0.39, 0.29) is 12.5 Å². The fourth-order valence-corrected chi connectivity index (χ4v) is 3.94. The van der Waals surface area contributed by atoms with Gasteiger partial charge in [0.15, 0.2) is 0 Å². The number of carboxylic acids is 2. The molecule has 0 radical (unpaired) electrons. The molecule has 1 aliphatic rings. The van der Waals surface area contributed by atoms with Crippen molar-refractivity contribution < 1.29 is 52.1 Å². The van der Waals surface area contributed by atoms with E-state index in [2.05, 4.69) is 6.58 Å². The molecule has 12 nitrogen and oxygen atoms in total. The number of para-hydroxylation sites is 1. The van der Waals surface area contributed by atoms with E-state index in [4.69, 9.17) is 31.2 Å². The normalized spacial score (nSPS) is 11.4. The third-order valence-corrected chi connectivity index (χ3v) is 6.07. The Balaban J connectivity index is 0.000000268. The van der Waals surface area contributed by atoms with E-state index in [1.807, 2.05) is 18.2 Å². The van der Waals surface area contributed by atoms with Gasteiger partial charge in [0.25, 0.3) is 5.91 Å². The van der Waals surface area contributed by atoms with Crippen LogP contribution in [-0.4, -0.2) is 65.9 Å². The number of hydrogen-bond acceptors (Lipinski definition) is 7. The summed E-state index contributed by atoms with van der Waals surface area (Å²) in [6.45, 7) is 4.13. The zero-order valence-electron chi connectivity index (χ0n) is 24.3. The molecule has 0 fully saturated rings. The van der Waals surface area contributed by atoms with Crippen LogP contribution in [0, 0.1) is 0 Å². The van der Waals surface area contributed by atoms with Crippen molar-refractivity contribution in [2.75, 3.05) is 29.5 Å². The highest BCUT2D eigenvalue weighted by Crippen LogP contribution is 2.29. The summed E-state index contributed by atoms with van der Waals surface area (Å²) in [6.07, 6.45) is -3.26. The smallest absolute Gasteiger partial charge is 0.480 e. The number of carbonyl (C=O) groups is 5. The van der Waals surface area contributed by atoms with Gasteiger partial charge in [0.05, 0.1) is 5.69 Å². The van der Waals surface area contributed by atoms with Crippen LogP contribution in [0.25, 0.3) is 0 Å². The molecule has 46 heavy (non-hydrogen) atoms. The number of carbonyl (C=O) groups excluding carboxylic acids is 3. The minimum Gasteiger partial charge on any atom is -0.480 e. The number of ether oxygens (including phenoxy) is 1. The van der Waals surface area contributed by atoms with Gasteiger partial charge >= 0.3 is 24.2 Å². The third-order valence-electron chi connectivity index (χ3n) is 6.07. The Hall–Kier alpha value is -5.70. The second-order valence-corrected chi connectivity index (χ2v) is 9.30. The maximum Gasteiger partial charge on any atom is 0.490 e. The average molecular weight is 645 g/mol. The lowest BCUT2D eigenvalue weighted by Crippen LogP contribution is -2.35. The number of nitrogens with two attached hydrogens (primary N) is 2. The molecule has 0 saturated carbocycles. The number of nitrogens with zero attached hydrogens (tertiary/aromatic N) is 2.